The van der Waals surface area contributed by atoms with Crippen molar-refractivity contribution in [1.29, 1.82) is 0 Å². The van der Waals surface area contributed by atoms with Crippen LogP contribution in [0.15, 0.2) is 9.52 Å². The number of halogens is 1. The molecule has 2 rings (SSSR count). The predicted molar refractivity (Wildman–Crippen MR) is 106 cm³/mol. The zero-order chi connectivity index (χ0) is 16.0. The van der Waals surface area contributed by atoms with Gasteiger partial charge in [-0.15, -0.1) is 24.0 Å². The summed E-state index contributed by atoms with van der Waals surface area (Å²) in [5, 5.41) is 10.9. The van der Waals surface area contributed by atoms with E-state index in [1.165, 1.54) is 31.2 Å². The molecule has 1 fully saturated rings. The molecule has 1 aromatic rings. The Morgan fingerprint density at radius 2 is 2.04 bits per heavy atom. The number of aryl methyl sites for hydroxylation is 2. The summed E-state index contributed by atoms with van der Waals surface area (Å²) in [5.41, 5.74) is 2.76. The summed E-state index contributed by atoms with van der Waals surface area (Å²) in [6.45, 7) is 8.21. The average Bonchev–Trinajstić information content (AvgIpc) is 2.80. The van der Waals surface area contributed by atoms with Crippen molar-refractivity contribution in [3.05, 3.63) is 17.0 Å². The van der Waals surface area contributed by atoms with Crippen LogP contribution in [-0.4, -0.2) is 31.3 Å². The first-order chi connectivity index (χ1) is 10.6. The van der Waals surface area contributed by atoms with Gasteiger partial charge in [-0.2, -0.15) is 0 Å². The van der Waals surface area contributed by atoms with Crippen molar-refractivity contribution < 1.29 is 4.52 Å². The highest BCUT2D eigenvalue weighted by Gasteiger charge is 2.34. The highest BCUT2D eigenvalue weighted by molar-refractivity contribution is 14.0. The van der Waals surface area contributed by atoms with Gasteiger partial charge in [0.05, 0.1) is 5.69 Å². The van der Waals surface area contributed by atoms with Crippen molar-refractivity contribution in [2.75, 3.05) is 20.1 Å². The van der Waals surface area contributed by atoms with Crippen LogP contribution in [0.4, 0.5) is 0 Å². The van der Waals surface area contributed by atoms with Gasteiger partial charge in [0.1, 0.15) is 5.76 Å². The zero-order valence-corrected chi connectivity index (χ0v) is 17.2. The van der Waals surface area contributed by atoms with E-state index in [-0.39, 0.29) is 24.0 Å². The third-order valence-electron chi connectivity index (χ3n) is 5.10. The van der Waals surface area contributed by atoms with Crippen LogP contribution in [0.25, 0.3) is 0 Å². The molecule has 2 N–H and O–H groups in total. The van der Waals surface area contributed by atoms with Crippen molar-refractivity contribution in [2.24, 2.45) is 10.4 Å². The fourth-order valence-electron chi connectivity index (χ4n) is 3.15. The quantitative estimate of drug-likeness (QED) is 0.298. The van der Waals surface area contributed by atoms with E-state index in [4.69, 9.17) is 4.52 Å². The van der Waals surface area contributed by atoms with E-state index in [1.54, 1.807) is 0 Å². The molecule has 1 saturated carbocycles. The molecule has 0 unspecified atom stereocenters. The van der Waals surface area contributed by atoms with Gasteiger partial charge in [0, 0.05) is 25.7 Å². The van der Waals surface area contributed by atoms with Crippen LogP contribution in [0.1, 0.15) is 56.0 Å². The Bertz CT molecular complexity index is 484. The van der Waals surface area contributed by atoms with Crippen LogP contribution in [0.2, 0.25) is 0 Å². The number of aliphatic imine (C=N–C) groups is 1. The Morgan fingerprint density at radius 1 is 1.30 bits per heavy atom. The molecule has 0 saturated heterocycles. The summed E-state index contributed by atoms with van der Waals surface area (Å²) in [7, 11) is 1.84. The number of nitrogens with one attached hydrogen (secondary N) is 2. The molecule has 1 aromatic heterocycles. The first-order valence-corrected chi connectivity index (χ1v) is 8.46. The molecular weight excluding hydrogens is 403 g/mol. The highest BCUT2D eigenvalue weighted by Crippen LogP contribution is 2.42. The molecule has 1 heterocycles. The monoisotopic (exact) mass is 434 g/mol. The third-order valence-corrected chi connectivity index (χ3v) is 5.10. The average molecular weight is 434 g/mol. The minimum atomic E-state index is 0. The predicted octanol–water partition coefficient (Wildman–Crippen LogP) is 3.59. The molecule has 1 aliphatic rings. The summed E-state index contributed by atoms with van der Waals surface area (Å²) in [6.07, 6.45) is 7.35. The lowest BCUT2D eigenvalue weighted by molar-refractivity contribution is 0.131. The van der Waals surface area contributed by atoms with Gasteiger partial charge in [-0.1, -0.05) is 18.5 Å². The maximum Gasteiger partial charge on any atom is 0.190 e. The number of hydrogen-bond donors (Lipinski definition) is 2. The summed E-state index contributed by atoms with van der Waals surface area (Å²) in [6, 6.07) is 0. The maximum atomic E-state index is 5.20. The highest BCUT2D eigenvalue weighted by atomic mass is 127. The molecule has 0 amide bonds. The molecule has 0 spiro atoms. The Labute approximate surface area is 157 Å². The summed E-state index contributed by atoms with van der Waals surface area (Å²) >= 11 is 0. The van der Waals surface area contributed by atoms with E-state index in [0.717, 1.165) is 43.3 Å². The second kappa shape index (κ2) is 9.49. The summed E-state index contributed by atoms with van der Waals surface area (Å²) in [5.74, 6) is 1.85. The molecule has 1 aliphatic carbocycles. The van der Waals surface area contributed by atoms with Crippen LogP contribution in [0, 0.1) is 19.3 Å². The first kappa shape index (κ1) is 20.3. The van der Waals surface area contributed by atoms with Crippen molar-refractivity contribution >= 4 is 29.9 Å². The fraction of sp³-hybridized carbons (Fsp3) is 0.765. The van der Waals surface area contributed by atoms with Gasteiger partial charge in [0.2, 0.25) is 0 Å². The summed E-state index contributed by atoms with van der Waals surface area (Å²) in [4.78, 5) is 4.32. The molecule has 0 bridgehead atoms. The van der Waals surface area contributed by atoms with E-state index in [1.807, 2.05) is 20.9 Å². The number of hydrogen-bond acceptors (Lipinski definition) is 3. The molecule has 6 heteroatoms. The van der Waals surface area contributed by atoms with Crippen molar-refractivity contribution in [1.82, 2.24) is 15.8 Å². The van der Waals surface area contributed by atoms with Crippen molar-refractivity contribution in [2.45, 2.75) is 59.3 Å². The molecule has 23 heavy (non-hydrogen) atoms. The first-order valence-electron chi connectivity index (χ1n) is 8.46. The zero-order valence-electron chi connectivity index (χ0n) is 14.9. The van der Waals surface area contributed by atoms with Gasteiger partial charge in [-0.25, -0.2) is 0 Å². The van der Waals surface area contributed by atoms with E-state index in [9.17, 15) is 0 Å². The van der Waals surface area contributed by atoms with Gasteiger partial charge >= 0.3 is 0 Å². The van der Waals surface area contributed by atoms with Gasteiger partial charge in [0.15, 0.2) is 5.96 Å². The summed E-state index contributed by atoms with van der Waals surface area (Å²) < 4.78 is 5.20. The molecular formula is C17H31IN4O. The molecule has 0 radical (unpaired) electrons. The van der Waals surface area contributed by atoms with Crippen LogP contribution in [-0.2, 0) is 6.42 Å². The Balaban J connectivity index is 0.00000264. The van der Waals surface area contributed by atoms with E-state index in [0.29, 0.717) is 5.41 Å². The van der Waals surface area contributed by atoms with Gasteiger partial charge in [0.25, 0.3) is 0 Å². The molecule has 5 nitrogen and oxygen atoms in total. The Kier molecular flexibility index (Phi) is 8.36. The topological polar surface area (TPSA) is 62.5 Å². The minimum Gasteiger partial charge on any atom is -0.361 e. The number of rotatable bonds is 7. The number of nitrogens with zero attached hydrogens (tertiary/aromatic N) is 2. The lowest BCUT2D eigenvalue weighted by Gasteiger charge is -2.41. The van der Waals surface area contributed by atoms with Gasteiger partial charge in [-0.3, -0.25) is 4.99 Å². The third kappa shape index (κ3) is 5.36. The normalized spacial score (nSPS) is 16.4. The Hall–Kier alpha value is -0.790. The molecule has 0 aromatic carbocycles. The molecule has 0 aliphatic heterocycles. The van der Waals surface area contributed by atoms with E-state index in [2.05, 4.69) is 27.7 Å². The second-order valence-corrected chi connectivity index (χ2v) is 6.47. The smallest absolute Gasteiger partial charge is 0.190 e. The van der Waals surface area contributed by atoms with Gasteiger partial charge in [-0.05, 0) is 51.4 Å². The van der Waals surface area contributed by atoms with Crippen molar-refractivity contribution in [3.8, 4) is 0 Å². The van der Waals surface area contributed by atoms with Crippen LogP contribution >= 0.6 is 24.0 Å². The lowest BCUT2D eigenvalue weighted by atomic mass is 9.67. The van der Waals surface area contributed by atoms with E-state index < -0.39 is 0 Å². The van der Waals surface area contributed by atoms with Crippen LogP contribution < -0.4 is 10.6 Å². The standard InChI is InChI=1S/C17H30N4O.HI/c1-5-17(9-7-10-17)12-20-16(18-4)19-11-6-8-15-13(2)21-22-14(15)3;/h5-12H2,1-4H3,(H2,18,19,20);1H. The maximum absolute atomic E-state index is 5.20. The Morgan fingerprint density at radius 3 is 2.52 bits per heavy atom. The SMILES string of the molecule is CCC1(CNC(=NC)NCCCc2c(C)noc2C)CCC1.I. The fourth-order valence-corrected chi connectivity index (χ4v) is 3.15. The van der Waals surface area contributed by atoms with Crippen LogP contribution in [0.5, 0.6) is 0 Å². The van der Waals surface area contributed by atoms with E-state index >= 15 is 0 Å². The molecule has 132 valence electrons. The molecule has 0 atom stereocenters. The second-order valence-electron chi connectivity index (χ2n) is 6.47. The van der Waals surface area contributed by atoms with Gasteiger partial charge < -0.3 is 15.2 Å². The number of guanidine groups is 1. The van der Waals surface area contributed by atoms with Crippen molar-refractivity contribution in [3.63, 3.8) is 0 Å². The lowest BCUT2D eigenvalue weighted by Crippen LogP contribution is -2.46. The number of aromatic nitrogens is 1. The minimum absolute atomic E-state index is 0. The van der Waals surface area contributed by atoms with Crippen LogP contribution in [0.3, 0.4) is 0 Å². The largest absolute Gasteiger partial charge is 0.361 e.